The highest BCUT2D eigenvalue weighted by Crippen LogP contribution is 2.35. The van der Waals surface area contributed by atoms with E-state index in [9.17, 15) is 9.50 Å². The van der Waals surface area contributed by atoms with Gasteiger partial charge in [0.15, 0.2) is 0 Å². The molecule has 0 saturated heterocycles. The maximum atomic E-state index is 13.1. The molecule has 2 aromatic rings. The quantitative estimate of drug-likeness (QED) is 0.698. The van der Waals surface area contributed by atoms with Gasteiger partial charge >= 0.3 is 0 Å². The van der Waals surface area contributed by atoms with Crippen LogP contribution in [0.15, 0.2) is 17.5 Å². The second-order valence-electron chi connectivity index (χ2n) is 2.53. The first-order valence-electron chi connectivity index (χ1n) is 3.53. The number of fused-ring (bicyclic) bond motifs is 1. The Morgan fingerprint density at radius 3 is 2.92 bits per heavy atom. The molecule has 13 heavy (non-hydrogen) atoms. The fraction of sp³-hybridized carbons (Fsp3) is 0. The van der Waals surface area contributed by atoms with E-state index in [1.165, 1.54) is 17.5 Å². The van der Waals surface area contributed by atoms with Crippen LogP contribution in [0.3, 0.4) is 0 Å². The van der Waals surface area contributed by atoms with E-state index in [1.54, 1.807) is 0 Å². The zero-order valence-corrected chi connectivity index (χ0v) is 7.23. The van der Waals surface area contributed by atoms with Gasteiger partial charge in [0.2, 0.25) is 0 Å². The molecule has 0 amide bonds. The van der Waals surface area contributed by atoms with Crippen LogP contribution >= 0.6 is 11.3 Å². The Kier molecular flexibility index (Phi) is 1.67. The third-order valence-corrected chi connectivity index (χ3v) is 2.75. The number of benzene rings is 1. The van der Waals surface area contributed by atoms with Gasteiger partial charge in [-0.1, -0.05) is 0 Å². The molecule has 0 fully saturated rings. The minimum Gasteiger partial charge on any atom is -0.506 e. The molecule has 2 rings (SSSR count). The smallest absolute Gasteiger partial charge is 0.141 e. The molecular formula is C9H4FNOS. The van der Waals surface area contributed by atoms with Gasteiger partial charge in [0.25, 0.3) is 0 Å². The van der Waals surface area contributed by atoms with Gasteiger partial charge < -0.3 is 5.11 Å². The molecule has 2 nitrogen and oxygen atoms in total. The summed E-state index contributed by atoms with van der Waals surface area (Å²) < 4.78 is 13.4. The van der Waals surface area contributed by atoms with E-state index in [4.69, 9.17) is 5.26 Å². The minimum absolute atomic E-state index is 0.0314. The van der Waals surface area contributed by atoms with Crippen molar-refractivity contribution in [3.8, 4) is 11.8 Å². The highest BCUT2D eigenvalue weighted by molar-refractivity contribution is 7.17. The maximum Gasteiger partial charge on any atom is 0.141 e. The largest absolute Gasteiger partial charge is 0.506 e. The Hall–Kier alpha value is -1.60. The monoisotopic (exact) mass is 193 g/mol. The van der Waals surface area contributed by atoms with Crippen LogP contribution in [0.1, 0.15) is 5.56 Å². The summed E-state index contributed by atoms with van der Waals surface area (Å²) in [5, 5.41) is 19.8. The maximum absolute atomic E-state index is 13.1. The second-order valence-corrected chi connectivity index (χ2v) is 3.41. The van der Waals surface area contributed by atoms with Gasteiger partial charge in [-0.2, -0.15) is 5.26 Å². The Labute approximate surface area is 77.5 Å². The van der Waals surface area contributed by atoms with Gasteiger partial charge in [-0.15, -0.1) is 11.3 Å². The fourth-order valence-corrected chi connectivity index (χ4v) is 2.05. The van der Waals surface area contributed by atoms with E-state index in [0.29, 0.717) is 15.6 Å². The molecule has 1 heterocycles. The lowest BCUT2D eigenvalue weighted by atomic mass is 10.1. The summed E-state index contributed by atoms with van der Waals surface area (Å²) in [6, 6.07) is 4.50. The summed E-state index contributed by atoms with van der Waals surface area (Å²) in [4.78, 5) is 0. The molecular weight excluding hydrogens is 189 g/mol. The molecule has 0 saturated carbocycles. The summed E-state index contributed by atoms with van der Waals surface area (Å²) in [7, 11) is 0. The first-order valence-corrected chi connectivity index (χ1v) is 4.41. The predicted octanol–water partition coefficient (Wildman–Crippen LogP) is 2.62. The van der Waals surface area contributed by atoms with Gasteiger partial charge in [0, 0.05) is 5.38 Å². The second kappa shape index (κ2) is 2.71. The average molecular weight is 193 g/mol. The Balaban J connectivity index is 2.99. The molecule has 0 aliphatic rings. The van der Waals surface area contributed by atoms with E-state index >= 15 is 0 Å². The molecule has 0 aliphatic heterocycles. The Morgan fingerprint density at radius 1 is 1.46 bits per heavy atom. The summed E-state index contributed by atoms with van der Waals surface area (Å²) in [5.41, 5.74) is 0.301. The summed E-state index contributed by atoms with van der Waals surface area (Å²) in [6.45, 7) is 0. The van der Waals surface area contributed by atoms with Crippen LogP contribution in [-0.2, 0) is 0 Å². The topological polar surface area (TPSA) is 44.0 Å². The molecule has 64 valence electrons. The molecule has 1 aromatic carbocycles. The molecule has 1 aromatic heterocycles. The van der Waals surface area contributed by atoms with Crippen LogP contribution in [0.4, 0.5) is 4.39 Å². The number of halogens is 1. The highest BCUT2D eigenvalue weighted by atomic mass is 32.1. The summed E-state index contributed by atoms with van der Waals surface area (Å²) >= 11 is 1.09. The van der Waals surface area contributed by atoms with Crippen molar-refractivity contribution in [3.63, 3.8) is 0 Å². The number of aromatic hydroxyl groups is 1. The van der Waals surface area contributed by atoms with Crippen LogP contribution in [0.25, 0.3) is 10.1 Å². The number of thiophene rings is 1. The van der Waals surface area contributed by atoms with Crippen LogP contribution in [0, 0.1) is 17.1 Å². The lowest BCUT2D eigenvalue weighted by Crippen LogP contribution is -1.79. The number of rotatable bonds is 0. The summed E-state index contributed by atoms with van der Waals surface area (Å²) in [5.74, 6) is -0.435. The SMILES string of the molecule is N#Cc1ccc(F)c2scc(O)c12. The van der Waals surface area contributed by atoms with Crippen molar-refractivity contribution in [2.24, 2.45) is 0 Å². The Morgan fingerprint density at radius 2 is 2.23 bits per heavy atom. The first-order chi connectivity index (χ1) is 6.24. The number of hydrogen-bond acceptors (Lipinski definition) is 3. The van der Waals surface area contributed by atoms with Crippen LogP contribution in [0.2, 0.25) is 0 Å². The van der Waals surface area contributed by atoms with Gasteiger partial charge in [0.05, 0.1) is 21.7 Å². The third kappa shape index (κ3) is 1.05. The molecule has 0 bridgehead atoms. The third-order valence-electron chi connectivity index (χ3n) is 1.77. The lowest BCUT2D eigenvalue weighted by molar-refractivity contribution is 0.483. The number of nitriles is 1. The molecule has 0 atom stereocenters. The van der Waals surface area contributed by atoms with E-state index in [1.807, 2.05) is 6.07 Å². The van der Waals surface area contributed by atoms with Crippen molar-refractivity contribution in [2.75, 3.05) is 0 Å². The van der Waals surface area contributed by atoms with E-state index in [0.717, 1.165) is 11.3 Å². The minimum atomic E-state index is -0.403. The average Bonchev–Trinajstić information content (AvgIpc) is 2.51. The fourth-order valence-electron chi connectivity index (χ4n) is 1.19. The molecule has 0 aliphatic carbocycles. The normalized spacial score (nSPS) is 10.2. The van der Waals surface area contributed by atoms with Crippen molar-refractivity contribution >= 4 is 21.4 Å². The highest BCUT2D eigenvalue weighted by Gasteiger charge is 2.11. The van der Waals surface area contributed by atoms with E-state index in [-0.39, 0.29) is 5.75 Å². The summed E-state index contributed by atoms with van der Waals surface area (Å²) in [6.07, 6.45) is 0. The zero-order valence-electron chi connectivity index (χ0n) is 6.41. The molecule has 1 N–H and O–H groups in total. The van der Waals surface area contributed by atoms with Gasteiger partial charge in [-0.05, 0) is 12.1 Å². The lowest BCUT2D eigenvalue weighted by Gasteiger charge is -1.94. The number of nitrogens with zero attached hydrogens (tertiary/aromatic N) is 1. The number of hydrogen-bond donors (Lipinski definition) is 1. The van der Waals surface area contributed by atoms with Gasteiger partial charge in [0.1, 0.15) is 11.6 Å². The van der Waals surface area contributed by atoms with Crippen molar-refractivity contribution in [2.45, 2.75) is 0 Å². The van der Waals surface area contributed by atoms with Crippen molar-refractivity contribution in [1.82, 2.24) is 0 Å². The standard InChI is InChI=1S/C9H4FNOS/c10-6-2-1-5(3-11)8-7(12)4-13-9(6)8/h1-2,4,12H. The van der Waals surface area contributed by atoms with Crippen molar-refractivity contribution < 1.29 is 9.50 Å². The van der Waals surface area contributed by atoms with Gasteiger partial charge in [-0.3, -0.25) is 0 Å². The first kappa shape index (κ1) is 8.02. The van der Waals surface area contributed by atoms with Crippen LogP contribution in [-0.4, -0.2) is 5.11 Å². The van der Waals surface area contributed by atoms with Crippen molar-refractivity contribution in [3.05, 3.63) is 28.9 Å². The van der Waals surface area contributed by atoms with Crippen LogP contribution < -0.4 is 0 Å². The van der Waals surface area contributed by atoms with Gasteiger partial charge in [-0.25, -0.2) is 4.39 Å². The van der Waals surface area contributed by atoms with E-state index < -0.39 is 5.82 Å². The Bertz CT molecular complexity index is 512. The van der Waals surface area contributed by atoms with Crippen LogP contribution in [0.5, 0.6) is 5.75 Å². The molecule has 4 heteroatoms. The predicted molar refractivity (Wildman–Crippen MR) is 48.2 cm³/mol. The molecule has 0 unspecified atom stereocenters. The molecule has 0 radical (unpaired) electrons. The zero-order chi connectivity index (χ0) is 9.42. The van der Waals surface area contributed by atoms with Crippen molar-refractivity contribution in [1.29, 1.82) is 5.26 Å². The molecule has 0 spiro atoms. The van der Waals surface area contributed by atoms with E-state index in [2.05, 4.69) is 0 Å².